The summed E-state index contributed by atoms with van der Waals surface area (Å²) in [6.07, 6.45) is 8.36. The molecule has 0 radical (unpaired) electrons. The van der Waals surface area contributed by atoms with Crippen LogP contribution in [0.15, 0.2) is 6.33 Å². The summed E-state index contributed by atoms with van der Waals surface area (Å²) in [5, 5.41) is 4.22. The lowest BCUT2D eigenvalue weighted by molar-refractivity contribution is 0.00733. The van der Waals surface area contributed by atoms with E-state index in [-0.39, 0.29) is 6.04 Å². The van der Waals surface area contributed by atoms with Gasteiger partial charge in [0.05, 0.1) is 6.10 Å². The van der Waals surface area contributed by atoms with E-state index in [0.717, 1.165) is 44.7 Å². The predicted octanol–water partition coefficient (Wildman–Crippen LogP) is 1.52. The van der Waals surface area contributed by atoms with Gasteiger partial charge in [0.15, 0.2) is 0 Å². The Balaban J connectivity index is 1.82. The molecular weight excluding hydrogens is 228 g/mol. The number of aromatic nitrogens is 3. The van der Waals surface area contributed by atoms with Gasteiger partial charge in [-0.05, 0) is 32.1 Å². The van der Waals surface area contributed by atoms with Crippen molar-refractivity contribution in [3.63, 3.8) is 0 Å². The van der Waals surface area contributed by atoms with Crippen molar-refractivity contribution in [1.82, 2.24) is 14.8 Å². The Morgan fingerprint density at radius 2 is 2.44 bits per heavy atom. The molecule has 5 nitrogen and oxygen atoms in total. The van der Waals surface area contributed by atoms with E-state index in [2.05, 4.69) is 17.0 Å². The maximum Gasteiger partial charge on any atom is 0.138 e. The van der Waals surface area contributed by atoms with Gasteiger partial charge in [0.1, 0.15) is 12.2 Å². The Hall–Kier alpha value is -0.940. The number of ether oxygens (including phenoxy) is 1. The summed E-state index contributed by atoms with van der Waals surface area (Å²) < 4.78 is 7.68. The monoisotopic (exact) mass is 252 g/mol. The number of aryl methyl sites for hydroxylation is 1. The number of hydrogen-bond donors (Lipinski definition) is 1. The fourth-order valence-electron chi connectivity index (χ4n) is 2.49. The molecule has 0 spiro atoms. The lowest BCUT2D eigenvalue weighted by Crippen LogP contribution is -2.32. The number of nitrogens with zero attached hydrogens (tertiary/aromatic N) is 3. The lowest BCUT2D eigenvalue weighted by atomic mass is 10.0. The normalized spacial score (nSPS) is 22.0. The summed E-state index contributed by atoms with van der Waals surface area (Å²) in [5.74, 6) is 1.00. The number of hydrogen-bond acceptors (Lipinski definition) is 4. The van der Waals surface area contributed by atoms with Crippen LogP contribution in [-0.4, -0.2) is 33.5 Å². The van der Waals surface area contributed by atoms with Crippen molar-refractivity contribution in [2.24, 2.45) is 5.73 Å². The van der Waals surface area contributed by atoms with E-state index in [4.69, 9.17) is 10.5 Å². The molecule has 2 unspecified atom stereocenters. The lowest BCUT2D eigenvalue weighted by Gasteiger charge is -2.25. The van der Waals surface area contributed by atoms with E-state index < -0.39 is 0 Å². The van der Waals surface area contributed by atoms with Gasteiger partial charge in [0.25, 0.3) is 0 Å². The van der Waals surface area contributed by atoms with E-state index in [1.165, 1.54) is 12.8 Å². The first-order valence-electron chi connectivity index (χ1n) is 7.03. The van der Waals surface area contributed by atoms with Gasteiger partial charge in [-0.3, -0.25) is 4.68 Å². The van der Waals surface area contributed by atoms with Gasteiger partial charge in [0, 0.05) is 25.6 Å². The minimum atomic E-state index is 0.118. The molecule has 2 N–H and O–H groups in total. The maximum atomic E-state index is 6.20. The van der Waals surface area contributed by atoms with Gasteiger partial charge in [-0.25, -0.2) is 4.98 Å². The smallest absolute Gasteiger partial charge is 0.138 e. The van der Waals surface area contributed by atoms with Crippen molar-refractivity contribution in [1.29, 1.82) is 0 Å². The standard InChI is InChI=1S/C13H24N4O/c1-2-6-17-13(15-10-16-17)9-11(14)8-12-5-3-4-7-18-12/h10-12H,2-9,14H2,1H3. The third kappa shape index (κ3) is 3.78. The van der Waals surface area contributed by atoms with Crippen molar-refractivity contribution in [2.75, 3.05) is 6.61 Å². The van der Waals surface area contributed by atoms with Gasteiger partial charge >= 0.3 is 0 Å². The highest BCUT2D eigenvalue weighted by atomic mass is 16.5. The molecule has 2 heterocycles. The Labute approximate surface area is 109 Å². The quantitative estimate of drug-likeness (QED) is 0.833. The van der Waals surface area contributed by atoms with E-state index in [1.54, 1.807) is 6.33 Å². The highest BCUT2D eigenvalue weighted by molar-refractivity contribution is 4.90. The second kappa shape index (κ2) is 6.85. The molecule has 1 aliphatic rings. The van der Waals surface area contributed by atoms with Gasteiger partial charge < -0.3 is 10.5 Å². The zero-order valence-electron chi connectivity index (χ0n) is 11.2. The minimum Gasteiger partial charge on any atom is -0.378 e. The molecule has 18 heavy (non-hydrogen) atoms. The molecule has 0 aromatic carbocycles. The Bertz CT molecular complexity index is 347. The molecule has 1 saturated heterocycles. The molecule has 2 rings (SSSR count). The van der Waals surface area contributed by atoms with E-state index in [1.807, 2.05) is 4.68 Å². The van der Waals surface area contributed by atoms with Gasteiger partial charge in [0.2, 0.25) is 0 Å². The molecule has 1 aromatic rings. The van der Waals surface area contributed by atoms with Crippen molar-refractivity contribution in [3.05, 3.63) is 12.2 Å². The van der Waals surface area contributed by atoms with Crippen molar-refractivity contribution in [3.8, 4) is 0 Å². The van der Waals surface area contributed by atoms with Crippen LogP contribution in [0.5, 0.6) is 0 Å². The molecule has 0 amide bonds. The zero-order valence-corrected chi connectivity index (χ0v) is 11.2. The Kier molecular flexibility index (Phi) is 5.13. The van der Waals surface area contributed by atoms with E-state index in [9.17, 15) is 0 Å². The molecule has 0 bridgehead atoms. The largest absolute Gasteiger partial charge is 0.378 e. The summed E-state index contributed by atoms with van der Waals surface area (Å²) in [6, 6.07) is 0.118. The second-order valence-electron chi connectivity index (χ2n) is 5.09. The van der Waals surface area contributed by atoms with E-state index >= 15 is 0 Å². The summed E-state index contributed by atoms with van der Waals surface area (Å²) in [6.45, 7) is 3.95. The second-order valence-corrected chi connectivity index (χ2v) is 5.09. The first kappa shape index (κ1) is 13.5. The van der Waals surface area contributed by atoms with Gasteiger partial charge in [-0.15, -0.1) is 0 Å². The number of rotatable bonds is 6. The number of nitrogens with two attached hydrogens (primary N) is 1. The molecule has 0 aliphatic carbocycles. The Morgan fingerprint density at radius 3 is 3.17 bits per heavy atom. The molecular formula is C13H24N4O. The highest BCUT2D eigenvalue weighted by Gasteiger charge is 2.18. The van der Waals surface area contributed by atoms with Crippen molar-refractivity contribution in [2.45, 2.75) is 64.1 Å². The summed E-state index contributed by atoms with van der Waals surface area (Å²) in [7, 11) is 0. The van der Waals surface area contributed by atoms with Crippen molar-refractivity contribution < 1.29 is 4.74 Å². The first-order valence-corrected chi connectivity index (χ1v) is 7.03. The molecule has 5 heteroatoms. The van der Waals surface area contributed by atoms with Crippen LogP contribution in [0.4, 0.5) is 0 Å². The fraction of sp³-hybridized carbons (Fsp3) is 0.846. The average Bonchev–Trinajstić information content (AvgIpc) is 2.78. The fourth-order valence-corrected chi connectivity index (χ4v) is 2.49. The molecule has 2 atom stereocenters. The third-order valence-corrected chi connectivity index (χ3v) is 3.42. The first-order chi connectivity index (χ1) is 8.79. The summed E-state index contributed by atoms with van der Waals surface area (Å²) >= 11 is 0. The molecule has 102 valence electrons. The van der Waals surface area contributed by atoms with Crippen molar-refractivity contribution >= 4 is 0 Å². The summed E-state index contributed by atoms with van der Waals surface area (Å²) in [4.78, 5) is 4.30. The van der Waals surface area contributed by atoms with Gasteiger partial charge in [-0.1, -0.05) is 6.92 Å². The van der Waals surface area contributed by atoms with Crippen LogP contribution in [0, 0.1) is 0 Å². The zero-order chi connectivity index (χ0) is 12.8. The van der Waals surface area contributed by atoms with E-state index in [0.29, 0.717) is 6.10 Å². The van der Waals surface area contributed by atoms with Crippen LogP contribution in [0.2, 0.25) is 0 Å². The average molecular weight is 252 g/mol. The SMILES string of the molecule is CCCn1ncnc1CC(N)CC1CCCCO1. The van der Waals surface area contributed by atoms with Crippen LogP contribution in [-0.2, 0) is 17.7 Å². The molecule has 1 aliphatic heterocycles. The third-order valence-electron chi connectivity index (χ3n) is 3.42. The maximum absolute atomic E-state index is 6.20. The topological polar surface area (TPSA) is 66.0 Å². The Morgan fingerprint density at radius 1 is 1.56 bits per heavy atom. The summed E-state index contributed by atoms with van der Waals surface area (Å²) in [5.41, 5.74) is 6.20. The van der Waals surface area contributed by atoms with Crippen LogP contribution in [0.25, 0.3) is 0 Å². The predicted molar refractivity (Wildman–Crippen MR) is 70.2 cm³/mol. The van der Waals surface area contributed by atoms with Crippen LogP contribution < -0.4 is 5.73 Å². The molecule has 1 aromatic heterocycles. The minimum absolute atomic E-state index is 0.118. The van der Waals surface area contributed by atoms with Crippen LogP contribution in [0.3, 0.4) is 0 Å². The highest BCUT2D eigenvalue weighted by Crippen LogP contribution is 2.17. The van der Waals surface area contributed by atoms with Crippen LogP contribution in [0.1, 0.15) is 44.9 Å². The molecule has 1 fully saturated rings. The van der Waals surface area contributed by atoms with Gasteiger partial charge in [-0.2, -0.15) is 5.10 Å². The molecule has 0 saturated carbocycles. The van der Waals surface area contributed by atoms with Crippen LogP contribution >= 0.6 is 0 Å².